The summed E-state index contributed by atoms with van der Waals surface area (Å²) in [5.74, 6) is -0.718. The Morgan fingerprint density at radius 2 is 2.42 bits per heavy atom. The Balaban J connectivity index is 2.86. The van der Waals surface area contributed by atoms with Crippen LogP contribution in [0.3, 0.4) is 0 Å². The van der Waals surface area contributed by atoms with E-state index < -0.39 is 5.97 Å². The number of rotatable bonds is 5. The normalized spacial score (nSPS) is 11.1. The molecule has 0 fully saturated rings. The Hall–Kier alpha value is -2.88. The number of carbonyl (C=O) groups is 1. The Morgan fingerprint density at radius 1 is 1.63 bits per heavy atom. The molecule has 0 unspecified atom stereocenters. The van der Waals surface area contributed by atoms with Crippen LogP contribution in [0.25, 0.3) is 0 Å². The number of nitriles is 1. The summed E-state index contributed by atoms with van der Waals surface area (Å²) in [5, 5.41) is 23.7. The summed E-state index contributed by atoms with van der Waals surface area (Å²) in [6.45, 7) is 1.83. The Morgan fingerprint density at radius 3 is 3.05 bits per heavy atom. The number of anilines is 1. The first-order valence-corrected chi connectivity index (χ1v) is 5.39. The number of benzene rings is 1. The first-order chi connectivity index (χ1) is 9.21. The zero-order valence-electron chi connectivity index (χ0n) is 10.2. The molecule has 0 bridgehead atoms. The first kappa shape index (κ1) is 14.2. The van der Waals surface area contributed by atoms with Gasteiger partial charge in [-0.25, -0.2) is 4.79 Å². The van der Waals surface area contributed by atoms with Crippen LogP contribution in [0.4, 0.5) is 5.69 Å². The quantitative estimate of drug-likeness (QED) is 0.359. The highest BCUT2D eigenvalue weighted by Gasteiger charge is 2.10. The van der Waals surface area contributed by atoms with Crippen molar-refractivity contribution in [3.05, 3.63) is 29.8 Å². The number of carbonyl (C=O) groups excluding carboxylic acids is 1. The van der Waals surface area contributed by atoms with Crippen molar-refractivity contribution >= 4 is 23.6 Å². The lowest BCUT2D eigenvalue weighted by Crippen LogP contribution is -2.20. The van der Waals surface area contributed by atoms with Gasteiger partial charge in [0, 0.05) is 0 Å². The number of ether oxygens (including phenoxy) is 1. The Kier molecular flexibility index (Phi) is 5.56. The van der Waals surface area contributed by atoms with E-state index in [0.29, 0.717) is 11.3 Å². The minimum absolute atomic E-state index is 0.182. The van der Waals surface area contributed by atoms with Gasteiger partial charge in [0.15, 0.2) is 5.71 Å². The molecule has 98 valence electrons. The van der Waals surface area contributed by atoms with Crippen LogP contribution in [0.5, 0.6) is 0 Å². The highest BCUT2D eigenvalue weighted by Crippen LogP contribution is 2.09. The zero-order chi connectivity index (χ0) is 14.1. The van der Waals surface area contributed by atoms with Crippen molar-refractivity contribution in [2.24, 2.45) is 10.3 Å². The van der Waals surface area contributed by atoms with Crippen molar-refractivity contribution in [1.29, 1.82) is 5.26 Å². The molecule has 0 radical (unpaired) electrons. The van der Waals surface area contributed by atoms with Gasteiger partial charge in [-0.15, -0.1) is 0 Å². The minimum Gasteiger partial charge on any atom is -0.461 e. The highest BCUT2D eigenvalue weighted by atomic mass is 16.5. The fraction of sp³-hybridized carbons (Fsp3) is 0.167. The van der Waals surface area contributed by atoms with Crippen molar-refractivity contribution < 1.29 is 14.7 Å². The molecule has 0 heterocycles. The van der Waals surface area contributed by atoms with E-state index in [1.807, 2.05) is 6.07 Å². The van der Waals surface area contributed by atoms with E-state index in [0.717, 1.165) is 6.21 Å². The minimum atomic E-state index is -0.718. The summed E-state index contributed by atoms with van der Waals surface area (Å²) in [4.78, 5) is 11.4. The molecule has 0 amide bonds. The third kappa shape index (κ3) is 4.47. The third-order valence-corrected chi connectivity index (χ3v) is 1.96. The number of nitrogens with one attached hydrogen (secondary N) is 1. The predicted molar refractivity (Wildman–Crippen MR) is 69.1 cm³/mol. The van der Waals surface area contributed by atoms with Gasteiger partial charge in [0.05, 0.1) is 23.9 Å². The van der Waals surface area contributed by atoms with Crippen molar-refractivity contribution in [2.75, 3.05) is 12.0 Å². The molecule has 2 N–H and O–H groups in total. The fourth-order valence-electron chi connectivity index (χ4n) is 1.17. The molecule has 1 aromatic rings. The molecule has 1 aromatic carbocycles. The van der Waals surface area contributed by atoms with E-state index in [1.165, 1.54) is 0 Å². The molecule has 0 atom stereocenters. The maximum atomic E-state index is 11.4. The molecule has 7 heteroatoms. The maximum Gasteiger partial charge on any atom is 0.360 e. The largest absolute Gasteiger partial charge is 0.461 e. The highest BCUT2D eigenvalue weighted by molar-refractivity contribution is 6.59. The van der Waals surface area contributed by atoms with E-state index in [2.05, 4.69) is 15.7 Å². The number of oxime groups is 1. The average molecular weight is 260 g/mol. The van der Waals surface area contributed by atoms with Crippen molar-refractivity contribution in [3.8, 4) is 6.07 Å². The van der Waals surface area contributed by atoms with Crippen LogP contribution in [0, 0.1) is 11.3 Å². The lowest BCUT2D eigenvalue weighted by Gasteiger charge is -2.03. The number of hydrogen-bond acceptors (Lipinski definition) is 7. The lowest BCUT2D eigenvalue weighted by atomic mass is 10.2. The molecule has 19 heavy (non-hydrogen) atoms. The first-order valence-electron chi connectivity index (χ1n) is 5.39. The second-order valence-corrected chi connectivity index (χ2v) is 3.27. The molecule has 0 saturated heterocycles. The van der Waals surface area contributed by atoms with E-state index in [4.69, 9.17) is 15.2 Å². The molecular formula is C12H12N4O3. The van der Waals surface area contributed by atoms with Crippen LogP contribution < -0.4 is 5.43 Å². The van der Waals surface area contributed by atoms with Gasteiger partial charge in [-0.2, -0.15) is 10.4 Å². The molecule has 0 aliphatic carbocycles. The molecule has 1 rings (SSSR count). The monoisotopic (exact) mass is 260 g/mol. The van der Waals surface area contributed by atoms with Gasteiger partial charge < -0.3 is 9.94 Å². The van der Waals surface area contributed by atoms with Crippen LogP contribution in [0.2, 0.25) is 0 Å². The summed E-state index contributed by atoms with van der Waals surface area (Å²) >= 11 is 0. The maximum absolute atomic E-state index is 11.4. The summed E-state index contributed by atoms with van der Waals surface area (Å²) in [7, 11) is 0. The third-order valence-electron chi connectivity index (χ3n) is 1.96. The number of nitrogens with zero attached hydrogens (tertiary/aromatic N) is 3. The Bertz CT molecular complexity index is 546. The van der Waals surface area contributed by atoms with Crippen LogP contribution in [0.15, 0.2) is 34.5 Å². The number of hydrazone groups is 1. The molecule has 0 aliphatic rings. The van der Waals surface area contributed by atoms with E-state index in [-0.39, 0.29) is 12.3 Å². The van der Waals surface area contributed by atoms with Crippen molar-refractivity contribution in [1.82, 2.24) is 0 Å². The molecule has 0 aliphatic heterocycles. The van der Waals surface area contributed by atoms with Gasteiger partial charge in [0.1, 0.15) is 6.21 Å². The van der Waals surface area contributed by atoms with Gasteiger partial charge >= 0.3 is 5.97 Å². The van der Waals surface area contributed by atoms with Crippen molar-refractivity contribution in [3.63, 3.8) is 0 Å². The topological polar surface area (TPSA) is 107 Å². The second kappa shape index (κ2) is 7.45. The van der Waals surface area contributed by atoms with Gasteiger partial charge in [-0.05, 0) is 25.1 Å². The molecule has 0 aromatic heterocycles. The van der Waals surface area contributed by atoms with Gasteiger partial charge in [-0.3, -0.25) is 5.43 Å². The van der Waals surface area contributed by atoms with Crippen LogP contribution in [-0.4, -0.2) is 29.7 Å². The lowest BCUT2D eigenvalue weighted by molar-refractivity contribution is -0.134. The van der Waals surface area contributed by atoms with E-state index in [1.54, 1.807) is 31.2 Å². The molecular weight excluding hydrogens is 248 g/mol. The fourth-order valence-corrected chi connectivity index (χ4v) is 1.17. The summed E-state index contributed by atoms with van der Waals surface area (Å²) in [5.41, 5.74) is 3.36. The van der Waals surface area contributed by atoms with E-state index >= 15 is 0 Å². The second-order valence-electron chi connectivity index (χ2n) is 3.27. The van der Waals surface area contributed by atoms with Gasteiger partial charge in [0.2, 0.25) is 0 Å². The standard InChI is InChI=1S/C12H12N4O3/c1-2-19-12(17)11(8-14-18)16-15-10-5-3-4-9(6-10)7-13/h3-6,8,15,18H,2H2,1H3. The van der Waals surface area contributed by atoms with Crippen LogP contribution in [-0.2, 0) is 9.53 Å². The number of esters is 1. The summed E-state index contributed by atoms with van der Waals surface area (Å²) in [6, 6.07) is 8.51. The van der Waals surface area contributed by atoms with Crippen molar-refractivity contribution in [2.45, 2.75) is 6.92 Å². The van der Waals surface area contributed by atoms with Crippen LogP contribution in [0.1, 0.15) is 12.5 Å². The van der Waals surface area contributed by atoms with Gasteiger partial charge in [0.25, 0.3) is 0 Å². The van der Waals surface area contributed by atoms with Gasteiger partial charge in [-0.1, -0.05) is 11.2 Å². The summed E-state index contributed by atoms with van der Waals surface area (Å²) in [6.07, 6.45) is 0.860. The predicted octanol–water partition coefficient (Wildman–Crippen LogP) is 1.35. The van der Waals surface area contributed by atoms with E-state index in [9.17, 15) is 4.79 Å². The summed E-state index contributed by atoms with van der Waals surface area (Å²) < 4.78 is 4.73. The smallest absolute Gasteiger partial charge is 0.360 e. The molecule has 0 saturated carbocycles. The molecule has 0 spiro atoms. The van der Waals surface area contributed by atoms with Crippen LogP contribution >= 0.6 is 0 Å². The zero-order valence-corrected chi connectivity index (χ0v) is 10.2. The number of hydrogen-bond donors (Lipinski definition) is 2. The SMILES string of the molecule is CCOC(=O)C(C=NO)=NNc1cccc(C#N)c1. The molecule has 7 nitrogen and oxygen atoms in total. The Labute approximate surface area is 109 Å². The average Bonchev–Trinajstić information content (AvgIpc) is 2.44.